The van der Waals surface area contributed by atoms with Crippen molar-refractivity contribution in [2.75, 3.05) is 61.0 Å². The summed E-state index contributed by atoms with van der Waals surface area (Å²) in [5.41, 5.74) is 4.13. The Kier molecular flexibility index (Phi) is 14.7. The number of benzene rings is 2. The van der Waals surface area contributed by atoms with Crippen LogP contribution in [0, 0.1) is 0 Å². The second kappa shape index (κ2) is 17.9. The van der Waals surface area contributed by atoms with Crippen LogP contribution in [0.15, 0.2) is 48.5 Å². The molecule has 1 aromatic heterocycles. The van der Waals surface area contributed by atoms with Crippen LogP contribution in [0.1, 0.15) is 111 Å². The number of hydrogen-bond acceptors (Lipinski definition) is 9. The molecule has 2 aliphatic rings. The Morgan fingerprint density at radius 1 is 0.792 bits per heavy atom. The van der Waals surface area contributed by atoms with Gasteiger partial charge in [0.25, 0.3) is 11.8 Å². The van der Waals surface area contributed by atoms with Crippen LogP contribution in [0.3, 0.4) is 0 Å². The molecular weight excluding hydrogens is 693 g/mol. The molecule has 2 fully saturated rings. The molecule has 0 radical (unpaired) electrons. The highest BCUT2D eigenvalue weighted by atomic mass is 31.2. The minimum absolute atomic E-state index is 0.0554. The highest BCUT2D eigenvalue weighted by Gasteiger charge is 2.40. The number of pyridine rings is 1. The number of nitrogens with one attached hydrogen (secondary N) is 1. The minimum Gasteiger partial charge on any atom is -0.496 e. The average molecular weight is 754 g/mol. The van der Waals surface area contributed by atoms with Crippen LogP contribution < -0.4 is 25.0 Å². The first-order valence-electron chi connectivity index (χ1n) is 18.0. The highest BCUT2D eigenvalue weighted by Crippen LogP contribution is 2.35. The number of likely N-dealkylation sites (tertiary alicyclic amines) is 1. The second-order valence-corrected chi connectivity index (χ2v) is 18.8. The van der Waals surface area contributed by atoms with Crippen LogP contribution in [0.25, 0.3) is 0 Å². The number of aromatic nitrogens is 1. The molecule has 53 heavy (non-hydrogen) atoms. The predicted octanol–water partition coefficient (Wildman–Crippen LogP) is 6.82. The van der Waals surface area contributed by atoms with Gasteiger partial charge in [0, 0.05) is 16.7 Å². The van der Waals surface area contributed by atoms with Gasteiger partial charge in [-0.1, -0.05) is 59.7 Å². The number of carbonyl (C=O) groups is 2. The molecule has 2 saturated heterocycles. The standard InChI is InChI=1S/2C15H21NO3.C11H18NO2P/c1-10(2)12-6-5-11(7-13(12)18-4)14(17)16-15(3)8-19-9-15;1-10(2)12-6-5-11(7-13(12)19-4)14(17)16-8-15(3,18)9-16;1-8(2)9-6-7-10(15(4,5)13)12-11(9)14-3/h5-7,10H,8-9H2,1-4H3,(H,16,17);5-7,10,18H,8-9H2,1-4H3;6-8H,1-5H3. The monoisotopic (exact) mass is 753 g/mol. The quantitative estimate of drug-likeness (QED) is 0.214. The lowest BCUT2D eigenvalue weighted by Crippen LogP contribution is -2.61. The Balaban J connectivity index is 0.000000216. The van der Waals surface area contributed by atoms with Gasteiger partial charge in [-0.15, -0.1) is 0 Å². The fraction of sp³-hybridized carbons (Fsp3) is 0.537. The number of methoxy groups -OCH3 is 3. The molecule has 3 heterocycles. The highest BCUT2D eigenvalue weighted by molar-refractivity contribution is 7.69. The fourth-order valence-corrected chi connectivity index (χ4v) is 6.69. The van der Waals surface area contributed by atoms with E-state index in [0.717, 1.165) is 28.2 Å². The first kappa shape index (κ1) is 43.5. The Bertz CT molecular complexity index is 1770. The zero-order chi connectivity index (χ0) is 39.9. The lowest BCUT2D eigenvalue weighted by Gasteiger charge is -2.44. The van der Waals surface area contributed by atoms with Crippen LogP contribution in [-0.4, -0.2) is 98.9 Å². The normalized spacial score (nSPS) is 15.6. The maximum Gasteiger partial charge on any atom is 0.254 e. The molecule has 292 valence electrons. The molecule has 0 saturated carbocycles. The summed E-state index contributed by atoms with van der Waals surface area (Å²) in [6.07, 6.45) is 0. The molecule has 12 heteroatoms. The zero-order valence-corrected chi connectivity index (χ0v) is 34.7. The summed E-state index contributed by atoms with van der Waals surface area (Å²) in [6.45, 7) is 21.6. The van der Waals surface area contributed by atoms with Crippen molar-refractivity contribution in [2.24, 2.45) is 0 Å². The van der Waals surface area contributed by atoms with Gasteiger partial charge in [0.1, 0.15) is 24.1 Å². The van der Waals surface area contributed by atoms with E-state index in [-0.39, 0.29) is 17.4 Å². The van der Waals surface area contributed by atoms with Gasteiger partial charge in [-0.05, 0) is 86.4 Å². The van der Waals surface area contributed by atoms with E-state index >= 15 is 0 Å². The molecule has 2 aliphatic heterocycles. The van der Waals surface area contributed by atoms with Crippen LogP contribution in [0.2, 0.25) is 0 Å². The summed E-state index contributed by atoms with van der Waals surface area (Å²) in [4.78, 5) is 30.3. The number of ether oxygens (including phenoxy) is 4. The van der Waals surface area contributed by atoms with Gasteiger partial charge in [-0.2, -0.15) is 0 Å². The third-order valence-corrected chi connectivity index (χ3v) is 10.4. The molecule has 2 N–H and O–H groups in total. The van der Waals surface area contributed by atoms with Gasteiger partial charge in [0.2, 0.25) is 5.88 Å². The molecule has 11 nitrogen and oxygen atoms in total. The predicted molar refractivity (Wildman–Crippen MR) is 211 cm³/mol. The summed E-state index contributed by atoms with van der Waals surface area (Å²) in [7, 11) is 2.54. The molecule has 0 aliphatic carbocycles. The Morgan fingerprint density at radius 3 is 1.66 bits per heavy atom. The molecule has 0 spiro atoms. The molecule has 5 rings (SSSR count). The summed E-state index contributed by atoms with van der Waals surface area (Å²) >= 11 is 0. The number of rotatable bonds is 10. The lowest BCUT2D eigenvalue weighted by atomic mass is 9.95. The first-order valence-corrected chi connectivity index (χ1v) is 20.6. The van der Waals surface area contributed by atoms with Crippen molar-refractivity contribution >= 4 is 24.4 Å². The van der Waals surface area contributed by atoms with Crippen LogP contribution in [0.5, 0.6) is 17.4 Å². The van der Waals surface area contributed by atoms with E-state index in [1.807, 2.05) is 43.3 Å². The Labute approximate surface area is 316 Å². The molecule has 2 amide bonds. The number of hydrogen-bond donors (Lipinski definition) is 2. The second-order valence-electron chi connectivity index (χ2n) is 15.7. The maximum absolute atomic E-state index is 12.2. The van der Waals surface area contributed by atoms with Crippen molar-refractivity contribution in [3.8, 4) is 17.4 Å². The molecule has 3 aromatic rings. The SMILES string of the molecule is COc1cc(C(=O)N2CC(C)(O)C2)ccc1C(C)C.COc1cc(C(=O)NC2(C)COC2)ccc1C(C)C.COc1nc(P(C)(C)=O)ccc1C(C)C. The number of aliphatic hydroxyl groups is 1. The summed E-state index contributed by atoms with van der Waals surface area (Å²) in [5, 5.41) is 12.7. The number of amides is 2. The van der Waals surface area contributed by atoms with Crippen LogP contribution in [-0.2, 0) is 9.30 Å². The van der Waals surface area contributed by atoms with Crippen molar-refractivity contribution in [1.29, 1.82) is 0 Å². The molecule has 0 bridgehead atoms. The molecule has 0 unspecified atom stereocenters. The Morgan fingerprint density at radius 2 is 1.26 bits per heavy atom. The van der Waals surface area contributed by atoms with E-state index in [2.05, 4.69) is 51.8 Å². The first-order chi connectivity index (χ1) is 24.6. The number of β-amino-alcohol motifs (C(OH)–C–C–N with tert-alkyl or cyclic N) is 1. The van der Waals surface area contributed by atoms with E-state index in [1.54, 1.807) is 58.6 Å². The van der Waals surface area contributed by atoms with Crippen molar-refractivity contribution in [3.63, 3.8) is 0 Å². The van der Waals surface area contributed by atoms with Crippen molar-refractivity contribution in [3.05, 3.63) is 76.3 Å². The zero-order valence-electron chi connectivity index (χ0n) is 33.8. The fourth-order valence-electron chi connectivity index (χ4n) is 5.92. The van der Waals surface area contributed by atoms with E-state index in [1.165, 1.54) is 0 Å². The molecule has 0 atom stereocenters. The van der Waals surface area contributed by atoms with Crippen molar-refractivity contribution in [1.82, 2.24) is 15.2 Å². The third-order valence-electron chi connectivity index (χ3n) is 9.07. The summed E-state index contributed by atoms with van der Waals surface area (Å²) < 4.78 is 32.9. The number of nitrogens with zero attached hydrogens (tertiary/aromatic N) is 2. The molecule has 2 aromatic carbocycles. The van der Waals surface area contributed by atoms with Gasteiger partial charge < -0.3 is 38.8 Å². The minimum atomic E-state index is -2.30. The van der Waals surface area contributed by atoms with Gasteiger partial charge in [0.05, 0.1) is 58.8 Å². The van der Waals surface area contributed by atoms with Crippen LogP contribution in [0.4, 0.5) is 0 Å². The van der Waals surface area contributed by atoms with Gasteiger partial charge >= 0.3 is 0 Å². The smallest absolute Gasteiger partial charge is 0.254 e. The van der Waals surface area contributed by atoms with Crippen molar-refractivity contribution < 1.29 is 38.2 Å². The van der Waals surface area contributed by atoms with E-state index in [4.69, 9.17) is 18.9 Å². The molecular formula is C41H60N3O8P. The topological polar surface area (TPSA) is 137 Å². The van der Waals surface area contributed by atoms with E-state index in [9.17, 15) is 19.3 Å². The average Bonchev–Trinajstić information content (AvgIpc) is 3.08. The van der Waals surface area contributed by atoms with Crippen molar-refractivity contribution in [2.45, 2.75) is 84.3 Å². The third kappa shape index (κ3) is 11.5. The van der Waals surface area contributed by atoms with Gasteiger partial charge in [0.15, 0.2) is 0 Å². The largest absolute Gasteiger partial charge is 0.496 e. The maximum atomic E-state index is 12.2. The lowest BCUT2D eigenvalue weighted by molar-refractivity contribution is -0.0668. The van der Waals surface area contributed by atoms with Gasteiger partial charge in [-0.25, -0.2) is 4.98 Å². The van der Waals surface area contributed by atoms with Crippen LogP contribution >= 0.6 is 7.14 Å². The van der Waals surface area contributed by atoms with Gasteiger partial charge in [-0.3, -0.25) is 9.59 Å². The number of carbonyl (C=O) groups excluding carboxylic acids is 2. The Hall–Kier alpha value is -3.92. The van der Waals surface area contributed by atoms with E-state index in [0.29, 0.717) is 66.5 Å². The summed E-state index contributed by atoms with van der Waals surface area (Å²) in [5.74, 6) is 3.03. The van der Waals surface area contributed by atoms with E-state index < -0.39 is 12.7 Å². The summed E-state index contributed by atoms with van der Waals surface area (Å²) in [6, 6.07) is 14.9.